The van der Waals surface area contributed by atoms with Gasteiger partial charge in [0.05, 0.1) is 19.2 Å². The molecule has 0 unspecified atom stereocenters. The highest BCUT2D eigenvalue weighted by atomic mass is 32.1. The van der Waals surface area contributed by atoms with Crippen molar-refractivity contribution in [3.8, 4) is 0 Å². The van der Waals surface area contributed by atoms with E-state index >= 15 is 0 Å². The maximum atomic E-state index is 13.5. The minimum Gasteiger partial charge on any atom is -0.465 e. The van der Waals surface area contributed by atoms with Crippen LogP contribution in [-0.2, 0) is 16.0 Å². The van der Waals surface area contributed by atoms with Crippen molar-refractivity contribution in [1.29, 1.82) is 0 Å². The summed E-state index contributed by atoms with van der Waals surface area (Å²) in [4.78, 5) is 27.7. The Morgan fingerprint density at radius 1 is 1.38 bits per heavy atom. The van der Waals surface area contributed by atoms with E-state index in [1.165, 1.54) is 13.2 Å². The highest BCUT2D eigenvalue weighted by Gasteiger charge is 2.17. The number of esters is 1. The molecule has 2 rings (SSSR count). The van der Waals surface area contributed by atoms with Crippen LogP contribution in [0.15, 0.2) is 24.3 Å². The third kappa shape index (κ3) is 3.63. The number of carbonyl (C=O) groups is 2. The first-order valence-electron chi connectivity index (χ1n) is 6.10. The monoisotopic (exact) mass is 308 g/mol. The Hall–Kier alpha value is -2.28. The fraction of sp³-hybridized carbons (Fsp3) is 0.214. The number of hydrogen-bond acceptors (Lipinski definition) is 5. The van der Waals surface area contributed by atoms with Crippen LogP contribution in [0.25, 0.3) is 0 Å². The molecule has 1 aromatic carbocycles. The molecule has 7 heteroatoms. The molecule has 0 saturated carbocycles. The van der Waals surface area contributed by atoms with E-state index in [9.17, 15) is 14.0 Å². The van der Waals surface area contributed by atoms with Gasteiger partial charge in [-0.3, -0.25) is 4.79 Å². The average Bonchev–Trinajstić information content (AvgIpc) is 2.81. The molecule has 0 aliphatic heterocycles. The molecule has 5 nitrogen and oxygen atoms in total. The zero-order valence-corrected chi connectivity index (χ0v) is 12.3. The van der Waals surface area contributed by atoms with Gasteiger partial charge in [-0.15, -0.1) is 0 Å². The minimum atomic E-state index is -0.500. The van der Waals surface area contributed by atoms with Crippen LogP contribution in [0, 0.1) is 12.7 Å². The number of thiazole rings is 1. The topological polar surface area (TPSA) is 68.3 Å². The van der Waals surface area contributed by atoms with Crippen molar-refractivity contribution in [2.24, 2.45) is 0 Å². The van der Waals surface area contributed by atoms with E-state index in [1.54, 1.807) is 25.1 Å². The molecule has 1 amide bonds. The van der Waals surface area contributed by atoms with Crippen LogP contribution in [0.4, 0.5) is 9.52 Å². The number of nitrogens with one attached hydrogen (secondary N) is 1. The summed E-state index contributed by atoms with van der Waals surface area (Å²) in [5.41, 5.74) is 0.782. The zero-order chi connectivity index (χ0) is 15.4. The summed E-state index contributed by atoms with van der Waals surface area (Å²) in [5, 5.41) is 2.84. The van der Waals surface area contributed by atoms with Crippen LogP contribution < -0.4 is 5.32 Å². The van der Waals surface area contributed by atoms with Crippen LogP contribution in [0.2, 0.25) is 0 Å². The van der Waals surface area contributed by atoms with E-state index in [0.717, 1.165) is 11.3 Å². The lowest BCUT2D eigenvalue weighted by Gasteiger charge is -2.02. The number of nitrogens with zero attached hydrogens (tertiary/aromatic N) is 1. The van der Waals surface area contributed by atoms with Crippen LogP contribution in [0.1, 0.15) is 20.9 Å². The normalized spacial score (nSPS) is 10.2. The van der Waals surface area contributed by atoms with Gasteiger partial charge in [0.25, 0.3) is 0 Å². The summed E-state index contributed by atoms with van der Waals surface area (Å²) in [6, 6.07) is 6.06. The van der Waals surface area contributed by atoms with Crippen molar-refractivity contribution in [3.05, 3.63) is 46.2 Å². The second-order valence-corrected chi connectivity index (χ2v) is 5.24. The molecule has 110 valence electrons. The number of anilines is 1. The van der Waals surface area contributed by atoms with Gasteiger partial charge in [0.1, 0.15) is 10.7 Å². The molecule has 0 radical (unpaired) electrons. The second kappa shape index (κ2) is 6.45. The third-order valence-electron chi connectivity index (χ3n) is 2.72. The molecule has 0 fully saturated rings. The molecule has 0 aliphatic rings. The number of amides is 1. The zero-order valence-electron chi connectivity index (χ0n) is 11.5. The number of methoxy groups -OCH3 is 1. The highest BCUT2D eigenvalue weighted by Crippen LogP contribution is 2.23. The molecule has 2 aromatic rings. The van der Waals surface area contributed by atoms with Gasteiger partial charge in [-0.2, -0.15) is 0 Å². The van der Waals surface area contributed by atoms with Gasteiger partial charge in [-0.1, -0.05) is 29.5 Å². The Morgan fingerprint density at radius 3 is 2.76 bits per heavy atom. The molecule has 0 saturated heterocycles. The number of rotatable bonds is 4. The number of aromatic nitrogens is 1. The SMILES string of the molecule is COC(=O)c1sc(NC(=O)Cc2ccccc2F)nc1C. The van der Waals surface area contributed by atoms with E-state index in [4.69, 9.17) is 0 Å². The smallest absolute Gasteiger partial charge is 0.350 e. The summed E-state index contributed by atoms with van der Waals surface area (Å²) in [6.45, 7) is 1.65. The minimum absolute atomic E-state index is 0.0984. The first-order valence-corrected chi connectivity index (χ1v) is 6.92. The molecule has 0 aliphatic carbocycles. The fourth-order valence-electron chi connectivity index (χ4n) is 1.71. The molecule has 0 atom stereocenters. The van der Waals surface area contributed by atoms with Gasteiger partial charge >= 0.3 is 5.97 Å². The number of benzene rings is 1. The number of aryl methyl sites for hydroxylation is 1. The maximum Gasteiger partial charge on any atom is 0.350 e. The molecular formula is C14H13FN2O3S. The predicted molar refractivity (Wildman–Crippen MR) is 76.9 cm³/mol. The largest absolute Gasteiger partial charge is 0.465 e. The molecule has 1 heterocycles. The van der Waals surface area contributed by atoms with Crippen molar-refractivity contribution in [1.82, 2.24) is 4.98 Å². The van der Waals surface area contributed by atoms with E-state index in [1.807, 2.05) is 0 Å². The van der Waals surface area contributed by atoms with Gasteiger partial charge in [0, 0.05) is 0 Å². The highest BCUT2D eigenvalue weighted by molar-refractivity contribution is 7.17. The Labute approximate surface area is 124 Å². The van der Waals surface area contributed by atoms with Crippen molar-refractivity contribution in [2.75, 3.05) is 12.4 Å². The van der Waals surface area contributed by atoms with Gasteiger partial charge < -0.3 is 10.1 Å². The quantitative estimate of drug-likeness (QED) is 0.881. The summed E-state index contributed by atoms with van der Waals surface area (Å²) >= 11 is 1.02. The van der Waals surface area contributed by atoms with Crippen molar-refractivity contribution in [3.63, 3.8) is 0 Å². The predicted octanol–water partition coefficient (Wildman–Crippen LogP) is 2.56. The summed E-state index contributed by atoms with van der Waals surface area (Å²) in [5.74, 6) is -1.33. The molecule has 0 bridgehead atoms. The third-order valence-corrected chi connectivity index (χ3v) is 3.78. The van der Waals surface area contributed by atoms with Gasteiger partial charge in [0.2, 0.25) is 5.91 Å². The lowest BCUT2D eigenvalue weighted by Crippen LogP contribution is -2.15. The van der Waals surface area contributed by atoms with Gasteiger partial charge in [-0.25, -0.2) is 14.2 Å². The molecule has 1 aromatic heterocycles. The number of hydrogen-bond donors (Lipinski definition) is 1. The van der Waals surface area contributed by atoms with Crippen LogP contribution >= 0.6 is 11.3 Å². The van der Waals surface area contributed by atoms with Crippen LogP contribution in [-0.4, -0.2) is 24.0 Å². The Balaban J connectivity index is 2.07. The Bertz CT molecular complexity index is 685. The molecule has 0 spiro atoms. The van der Waals surface area contributed by atoms with Gasteiger partial charge in [0.15, 0.2) is 5.13 Å². The first-order chi connectivity index (χ1) is 10.0. The molecule has 21 heavy (non-hydrogen) atoms. The van der Waals surface area contributed by atoms with Gasteiger partial charge in [-0.05, 0) is 18.6 Å². The number of halogens is 1. The van der Waals surface area contributed by atoms with E-state index < -0.39 is 17.7 Å². The summed E-state index contributed by atoms with van der Waals surface area (Å²) in [7, 11) is 1.28. The lowest BCUT2D eigenvalue weighted by molar-refractivity contribution is -0.115. The van der Waals surface area contributed by atoms with E-state index in [0.29, 0.717) is 16.1 Å². The number of carbonyl (C=O) groups excluding carboxylic acids is 2. The Kier molecular flexibility index (Phi) is 4.64. The summed E-state index contributed by atoms with van der Waals surface area (Å²) in [6.07, 6.45) is -0.0984. The van der Waals surface area contributed by atoms with Crippen molar-refractivity contribution in [2.45, 2.75) is 13.3 Å². The van der Waals surface area contributed by atoms with Crippen molar-refractivity contribution >= 4 is 28.3 Å². The van der Waals surface area contributed by atoms with E-state index in [-0.39, 0.29) is 11.6 Å². The summed E-state index contributed by atoms with van der Waals surface area (Å²) < 4.78 is 18.1. The van der Waals surface area contributed by atoms with Crippen molar-refractivity contribution < 1.29 is 18.7 Å². The molecular weight excluding hydrogens is 295 g/mol. The van der Waals surface area contributed by atoms with Crippen LogP contribution in [0.5, 0.6) is 0 Å². The number of ether oxygens (including phenoxy) is 1. The van der Waals surface area contributed by atoms with Crippen LogP contribution in [0.3, 0.4) is 0 Å². The standard InChI is InChI=1S/C14H13FN2O3S/c1-8-12(13(19)20-2)21-14(16-8)17-11(18)7-9-5-3-4-6-10(9)15/h3-6H,7H2,1-2H3,(H,16,17,18). The fourth-order valence-corrected chi connectivity index (χ4v) is 2.61. The average molecular weight is 308 g/mol. The Morgan fingerprint density at radius 2 is 2.10 bits per heavy atom. The maximum absolute atomic E-state index is 13.5. The molecule has 1 N–H and O–H groups in total. The first kappa shape index (κ1) is 15.1. The lowest BCUT2D eigenvalue weighted by atomic mass is 10.1. The second-order valence-electron chi connectivity index (χ2n) is 4.24. The van der Waals surface area contributed by atoms with E-state index in [2.05, 4.69) is 15.0 Å².